The van der Waals surface area contributed by atoms with Gasteiger partial charge in [-0.1, -0.05) is 12.1 Å². The van der Waals surface area contributed by atoms with E-state index in [0.717, 1.165) is 4.88 Å². The maximum Gasteiger partial charge on any atom is 0.261 e. The van der Waals surface area contributed by atoms with E-state index in [4.69, 9.17) is 0 Å². The number of nitrogens with one attached hydrogen (secondary N) is 1. The lowest BCUT2D eigenvalue weighted by Gasteiger charge is -2.16. The van der Waals surface area contributed by atoms with Crippen LogP contribution in [0.5, 0.6) is 0 Å². The van der Waals surface area contributed by atoms with Crippen LogP contribution in [0, 0.1) is 0 Å². The summed E-state index contributed by atoms with van der Waals surface area (Å²) in [5.41, 5.74) is 0. The Balaban J connectivity index is 1.71. The molecule has 0 aromatic carbocycles. The van der Waals surface area contributed by atoms with E-state index in [2.05, 4.69) is 5.32 Å². The number of hydrogen-bond acceptors (Lipinski definition) is 4. The third-order valence-corrected chi connectivity index (χ3v) is 4.50. The highest BCUT2D eigenvalue weighted by Crippen LogP contribution is 2.11. The fourth-order valence-electron chi connectivity index (χ4n) is 1.69. The van der Waals surface area contributed by atoms with Gasteiger partial charge in [0.25, 0.3) is 5.91 Å². The topological polar surface area (TPSA) is 49.4 Å². The van der Waals surface area contributed by atoms with Gasteiger partial charge in [-0.3, -0.25) is 9.59 Å². The summed E-state index contributed by atoms with van der Waals surface area (Å²) in [4.78, 5) is 27.1. The normalized spacial score (nSPS) is 10.2. The molecule has 6 heteroatoms. The van der Waals surface area contributed by atoms with Crippen molar-refractivity contribution in [3.63, 3.8) is 0 Å². The number of thiophene rings is 2. The number of carbonyl (C=O) groups excluding carboxylic acids is 2. The van der Waals surface area contributed by atoms with E-state index in [-0.39, 0.29) is 11.8 Å². The lowest BCUT2D eigenvalue weighted by atomic mass is 10.3. The van der Waals surface area contributed by atoms with Gasteiger partial charge in [0.2, 0.25) is 5.91 Å². The van der Waals surface area contributed by atoms with Crippen molar-refractivity contribution in [2.45, 2.75) is 13.0 Å². The fourth-order valence-corrected chi connectivity index (χ4v) is 3.09. The van der Waals surface area contributed by atoms with Gasteiger partial charge in [-0.25, -0.2) is 0 Å². The molecule has 1 N–H and O–H groups in total. The zero-order valence-electron chi connectivity index (χ0n) is 11.2. The maximum absolute atomic E-state index is 11.9. The summed E-state index contributed by atoms with van der Waals surface area (Å²) in [6, 6.07) is 7.58. The Morgan fingerprint density at radius 1 is 1.20 bits per heavy atom. The first-order valence-electron chi connectivity index (χ1n) is 6.25. The first kappa shape index (κ1) is 14.7. The second-order valence-electron chi connectivity index (χ2n) is 4.31. The lowest BCUT2D eigenvalue weighted by Crippen LogP contribution is -2.31. The fraction of sp³-hybridized carbons (Fsp3) is 0.286. The van der Waals surface area contributed by atoms with Crippen LogP contribution in [0.1, 0.15) is 21.0 Å². The summed E-state index contributed by atoms with van der Waals surface area (Å²) in [5.74, 6) is -0.0846. The molecule has 0 aliphatic carbocycles. The van der Waals surface area contributed by atoms with Crippen LogP contribution in [0.3, 0.4) is 0 Å². The quantitative estimate of drug-likeness (QED) is 0.891. The van der Waals surface area contributed by atoms with Crippen LogP contribution in [-0.2, 0) is 11.3 Å². The minimum Gasteiger partial charge on any atom is -0.351 e. The van der Waals surface area contributed by atoms with Crippen LogP contribution in [0.25, 0.3) is 0 Å². The molecule has 2 amide bonds. The molecule has 0 radical (unpaired) electrons. The molecule has 2 aromatic rings. The predicted molar refractivity (Wildman–Crippen MR) is 82.1 cm³/mol. The number of hydrogen-bond donors (Lipinski definition) is 1. The minimum atomic E-state index is -0.117. The summed E-state index contributed by atoms with van der Waals surface area (Å²) in [6.45, 7) is 0.986. The van der Waals surface area contributed by atoms with Crippen LogP contribution in [0.2, 0.25) is 0 Å². The molecule has 2 heterocycles. The Hall–Kier alpha value is -1.66. The number of amides is 2. The van der Waals surface area contributed by atoms with Crippen molar-refractivity contribution in [1.82, 2.24) is 10.2 Å². The standard InChI is InChI=1S/C14H16N2O2S2/c1-16(10-11-4-2-8-19-11)13(17)6-7-15-14(18)12-5-3-9-20-12/h2-5,8-9H,6-7,10H2,1H3,(H,15,18). The van der Waals surface area contributed by atoms with Crippen LogP contribution in [0.15, 0.2) is 35.0 Å². The average molecular weight is 308 g/mol. The van der Waals surface area contributed by atoms with Crippen LogP contribution in [0.4, 0.5) is 0 Å². The molecule has 0 aliphatic rings. The van der Waals surface area contributed by atoms with Crippen LogP contribution in [-0.4, -0.2) is 30.3 Å². The van der Waals surface area contributed by atoms with E-state index in [1.807, 2.05) is 29.0 Å². The van der Waals surface area contributed by atoms with Crippen molar-refractivity contribution in [2.24, 2.45) is 0 Å². The van der Waals surface area contributed by atoms with E-state index in [0.29, 0.717) is 24.4 Å². The molecule has 4 nitrogen and oxygen atoms in total. The Morgan fingerprint density at radius 2 is 1.95 bits per heavy atom. The lowest BCUT2D eigenvalue weighted by molar-refractivity contribution is -0.130. The largest absolute Gasteiger partial charge is 0.351 e. The molecule has 0 aliphatic heterocycles. The zero-order chi connectivity index (χ0) is 14.4. The van der Waals surface area contributed by atoms with Gasteiger partial charge in [0.1, 0.15) is 0 Å². The van der Waals surface area contributed by atoms with E-state index in [9.17, 15) is 9.59 Å². The molecular formula is C14H16N2O2S2. The highest BCUT2D eigenvalue weighted by atomic mass is 32.1. The molecule has 0 saturated carbocycles. The van der Waals surface area contributed by atoms with Gasteiger partial charge in [0, 0.05) is 24.9 Å². The van der Waals surface area contributed by atoms with Gasteiger partial charge in [-0.05, 0) is 22.9 Å². The van der Waals surface area contributed by atoms with Gasteiger partial charge in [-0.15, -0.1) is 22.7 Å². The van der Waals surface area contributed by atoms with Crippen molar-refractivity contribution in [2.75, 3.05) is 13.6 Å². The molecule has 106 valence electrons. The van der Waals surface area contributed by atoms with E-state index < -0.39 is 0 Å². The third kappa shape index (κ3) is 4.18. The molecule has 2 rings (SSSR count). The van der Waals surface area contributed by atoms with Gasteiger partial charge in [0.05, 0.1) is 11.4 Å². The molecule has 0 fully saturated rings. The van der Waals surface area contributed by atoms with Gasteiger partial charge in [-0.2, -0.15) is 0 Å². The summed E-state index contributed by atoms with van der Waals surface area (Å²) >= 11 is 3.03. The number of carbonyl (C=O) groups is 2. The summed E-state index contributed by atoms with van der Waals surface area (Å²) in [7, 11) is 1.78. The Kier molecular flexibility index (Phi) is 5.31. The molecule has 20 heavy (non-hydrogen) atoms. The molecule has 0 saturated heterocycles. The molecule has 0 unspecified atom stereocenters. The average Bonchev–Trinajstić information content (AvgIpc) is 3.11. The van der Waals surface area contributed by atoms with Crippen LogP contribution >= 0.6 is 22.7 Å². The highest BCUT2D eigenvalue weighted by molar-refractivity contribution is 7.12. The Labute approximate surface area is 126 Å². The molecule has 2 aromatic heterocycles. The number of rotatable bonds is 6. The van der Waals surface area contributed by atoms with Gasteiger partial charge < -0.3 is 10.2 Å². The summed E-state index contributed by atoms with van der Waals surface area (Å²) < 4.78 is 0. The number of nitrogens with zero attached hydrogens (tertiary/aromatic N) is 1. The monoisotopic (exact) mass is 308 g/mol. The minimum absolute atomic E-state index is 0.0323. The Bertz CT molecular complexity index is 550. The van der Waals surface area contributed by atoms with Gasteiger partial charge >= 0.3 is 0 Å². The molecular weight excluding hydrogens is 292 g/mol. The van der Waals surface area contributed by atoms with Crippen molar-refractivity contribution in [1.29, 1.82) is 0 Å². The first-order valence-corrected chi connectivity index (χ1v) is 8.01. The van der Waals surface area contributed by atoms with E-state index in [1.54, 1.807) is 29.4 Å². The smallest absolute Gasteiger partial charge is 0.261 e. The second kappa shape index (κ2) is 7.21. The van der Waals surface area contributed by atoms with Crippen molar-refractivity contribution >= 4 is 34.5 Å². The zero-order valence-corrected chi connectivity index (χ0v) is 12.8. The summed E-state index contributed by atoms with van der Waals surface area (Å²) in [5, 5.41) is 6.61. The molecule has 0 bridgehead atoms. The van der Waals surface area contributed by atoms with Gasteiger partial charge in [0.15, 0.2) is 0 Å². The first-order chi connectivity index (χ1) is 9.66. The van der Waals surface area contributed by atoms with E-state index >= 15 is 0 Å². The second-order valence-corrected chi connectivity index (χ2v) is 6.29. The summed E-state index contributed by atoms with van der Waals surface area (Å²) in [6.07, 6.45) is 0.318. The highest BCUT2D eigenvalue weighted by Gasteiger charge is 2.11. The third-order valence-electron chi connectivity index (χ3n) is 2.77. The van der Waals surface area contributed by atoms with Crippen molar-refractivity contribution in [3.8, 4) is 0 Å². The maximum atomic E-state index is 11.9. The van der Waals surface area contributed by atoms with Crippen molar-refractivity contribution in [3.05, 3.63) is 44.8 Å². The molecule has 0 atom stereocenters. The predicted octanol–water partition coefficient (Wildman–Crippen LogP) is 2.59. The van der Waals surface area contributed by atoms with Crippen LogP contribution < -0.4 is 5.32 Å². The molecule has 0 spiro atoms. The Morgan fingerprint density at radius 3 is 2.60 bits per heavy atom. The van der Waals surface area contributed by atoms with E-state index in [1.165, 1.54) is 11.3 Å². The van der Waals surface area contributed by atoms with Crippen molar-refractivity contribution < 1.29 is 9.59 Å². The SMILES string of the molecule is CN(Cc1cccs1)C(=O)CCNC(=O)c1cccs1.